The van der Waals surface area contributed by atoms with Crippen molar-refractivity contribution in [3.8, 4) is 22.6 Å². The van der Waals surface area contributed by atoms with Crippen LogP contribution in [0.3, 0.4) is 0 Å². The highest BCUT2D eigenvalue weighted by atomic mass is 16.5. The molecule has 1 aromatic heterocycles. The lowest BCUT2D eigenvalue weighted by molar-refractivity contribution is 0.101. The molecule has 0 spiro atoms. The maximum absolute atomic E-state index is 13.5. The van der Waals surface area contributed by atoms with Crippen molar-refractivity contribution < 1.29 is 24.2 Å². The van der Waals surface area contributed by atoms with Gasteiger partial charge in [0.2, 0.25) is 0 Å². The number of benzene rings is 2. The number of aromatic nitrogens is 1. The summed E-state index contributed by atoms with van der Waals surface area (Å²) in [4.78, 5) is 26.5. The molecule has 9 nitrogen and oxygen atoms in total. The Labute approximate surface area is 191 Å². The maximum atomic E-state index is 13.5. The second-order valence-electron chi connectivity index (χ2n) is 7.77. The predicted molar refractivity (Wildman–Crippen MR) is 125 cm³/mol. The number of methoxy groups -OCH3 is 2. The number of carbonyl (C=O) groups is 2. The third kappa shape index (κ3) is 3.93. The molecule has 2 heterocycles. The first-order valence-electron chi connectivity index (χ1n) is 10.4. The van der Waals surface area contributed by atoms with E-state index in [1.165, 1.54) is 4.90 Å². The number of nitrogens with zero attached hydrogens (tertiary/aromatic N) is 2. The lowest BCUT2D eigenvalue weighted by Crippen LogP contribution is -2.35. The van der Waals surface area contributed by atoms with E-state index in [4.69, 9.17) is 15.2 Å². The molecule has 0 saturated heterocycles. The average Bonchev–Trinajstić information content (AvgIpc) is 3.11. The highest BCUT2D eigenvalue weighted by molar-refractivity contribution is 6.09. The van der Waals surface area contributed by atoms with Gasteiger partial charge in [-0.05, 0) is 41.8 Å². The van der Waals surface area contributed by atoms with Crippen LogP contribution in [0.1, 0.15) is 21.7 Å². The molecular formula is C24H26N4O5. The number of ether oxygens (including phenoxy) is 2. The highest BCUT2D eigenvalue weighted by Gasteiger charge is 2.32. The van der Waals surface area contributed by atoms with Gasteiger partial charge in [0.05, 0.1) is 32.1 Å². The molecule has 0 bridgehead atoms. The van der Waals surface area contributed by atoms with Crippen LogP contribution in [0.4, 0.5) is 16.2 Å². The van der Waals surface area contributed by atoms with Crippen LogP contribution in [0.2, 0.25) is 0 Å². The van der Waals surface area contributed by atoms with Gasteiger partial charge >= 0.3 is 6.09 Å². The van der Waals surface area contributed by atoms with E-state index in [2.05, 4.69) is 5.32 Å². The van der Waals surface area contributed by atoms with E-state index < -0.39 is 6.09 Å². The van der Waals surface area contributed by atoms with E-state index in [9.17, 15) is 14.7 Å². The van der Waals surface area contributed by atoms with E-state index in [0.717, 1.165) is 22.4 Å². The summed E-state index contributed by atoms with van der Waals surface area (Å²) in [5, 5.41) is 12.4. The van der Waals surface area contributed by atoms with E-state index in [-0.39, 0.29) is 12.5 Å². The summed E-state index contributed by atoms with van der Waals surface area (Å²) in [7, 11) is 4.89. The molecular weight excluding hydrogens is 424 g/mol. The van der Waals surface area contributed by atoms with E-state index in [0.29, 0.717) is 41.5 Å². The Morgan fingerprint density at radius 2 is 1.82 bits per heavy atom. The Morgan fingerprint density at radius 1 is 1.09 bits per heavy atom. The van der Waals surface area contributed by atoms with Gasteiger partial charge in [-0.15, -0.1) is 0 Å². The van der Waals surface area contributed by atoms with Crippen molar-refractivity contribution in [3.05, 3.63) is 59.4 Å². The molecule has 0 fully saturated rings. The number of nitrogens with one attached hydrogen (secondary N) is 1. The third-order valence-corrected chi connectivity index (χ3v) is 5.97. The number of carboxylic acid groups (broad SMARTS) is 1. The summed E-state index contributed by atoms with van der Waals surface area (Å²) >= 11 is 0. The fourth-order valence-corrected chi connectivity index (χ4v) is 4.29. The molecule has 0 unspecified atom stereocenters. The minimum absolute atomic E-state index is 0.197. The lowest BCUT2D eigenvalue weighted by atomic mass is 9.95. The van der Waals surface area contributed by atoms with Crippen LogP contribution in [0.15, 0.2) is 42.5 Å². The summed E-state index contributed by atoms with van der Waals surface area (Å²) in [5.41, 5.74) is 10.6. The second-order valence-corrected chi connectivity index (χ2v) is 7.77. The number of nitrogens with two attached hydrogens (primary N) is 1. The van der Waals surface area contributed by atoms with Gasteiger partial charge in [0.25, 0.3) is 5.91 Å². The number of hydrogen-bond acceptors (Lipinski definition) is 5. The van der Waals surface area contributed by atoms with Crippen LogP contribution in [0.25, 0.3) is 11.1 Å². The van der Waals surface area contributed by atoms with Gasteiger partial charge in [0.15, 0.2) is 11.5 Å². The van der Waals surface area contributed by atoms with Gasteiger partial charge in [-0.2, -0.15) is 0 Å². The topological polar surface area (TPSA) is 119 Å². The molecule has 1 aliphatic heterocycles. The molecule has 0 saturated carbocycles. The lowest BCUT2D eigenvalue weighted by Gasteiger charge is -2.25. The number of amides is 2. The summed E-state index contributed by atoms with van der Waals surface area (Å²) in [6.07, 6.45) is -0.502. The molecule has 4 rings (SSSR count). The van der Waals surface area contributed by atoms with E-state index in [1.807, 2.05) is 12.1 Å². The Balaban J connectivity index is 1.88. The van der Waals surface area contributed by atoms with Crippen LogP contribution in [-0.2, 0) is 20.0 Å². The number of hydrogen-bond donors (Lipinski definition) is 3. The van der Waals surface area contributed by atoms with Gasteiger partial charge in [-0.25, -0.2) is 4.79 Å². The molecule has 2 amide bonds. The fourth-order valence-electron chi connectivity index (χ4n) is 4.29. The molecule has 33 heavy (non-hydrogen) atoms. The van der Waals surface area contributed by atoms with Crippen molar-refractivity contribution in [2.45, 2.75) is 13.0 Å². The van der Waals surface area contributed by atoms with Gasteiger partial charge in [0.1, 0.15) is 5.69 Å². The molecule has 9 heteroatoms. The summed E-state index contributed by atoms with van der Waals surface area (Å²) in [5.74, 6) is 0.775. The third-order valence-electron chi connectivity index (χ3n) is 5.97. The second kappa shape index (κ2) is 8.78. The standard InChI is InChI=1S/C24H26N4O5/c1-27-18-13-28(24(30)31)11-10-15(18)21(14-8-9-19(32-2)20(12-14)33-3)22(27)23(29)26-17-7-5-4-6-16(17)25/h4-9,12H,10-11,13,25H2,1-3H3,(H,26,29)(H,30,31). The van der Waals surface area contributed by atoms with Crippen LogP contribution < -0.4 is 20.5 Å². The molecule has 0 atom stereocenters. The van der Waals surface area contributed by atoms with Crippen molar-refractivity contribution in [1.82, 2.24) is 9.47 Å². The summed E-state index contributed by atoms with van der Waals surface area (Å²) in [6.45, 7) is 0.543. The molecule has 0 aliphatic carbocycles. The summed E-state index contributed by atoms with van der Waals surface area (Å²) in [6, 6.07) is 12.5. The molecule has 172 valence electrons. The van der Waals surface area contributed by atoms with Crippen molar-refractivity contribution in [1.29, 1.82) is 0 Å². The van der Waals surface area contributed by atoms with Crippen LogP contribution in [0, 0.1) is 0 Å². The zero-order valence-electron chi connectivity index (χ0n) is 18.7. The molecule has 2 aromatic carbocycles. The zero-order valence-corrected chi connectivity index (χ0v) is 18.7. The first-order chi connectivity index (χ1) is 15.8. The minimum atomic E-state index is -0.988. The van der Waals surface area contributed by atoms with Gasteiger partial charge in [0, 0.05) is 24.8 Å². The predicted octanol–water partition coefficient (Wildman–Crippen LogP) is 3.58. The maximum Gasteiger partial charge on any atom is 0.407 e. The number of anilines is 2. The van der Waals surface area contributed by atoms with E-state index >= 15 is 0 Å². The van der Waals surface area contributed by atoms with Crippen molar-refractivity contribution in [2.24, 2.45) is 7.05 Å². The Kier molecular flexibility index (Phi) is 5.87. The number of rotatable bonds is 5. The van der Waals surface area contributed by atoms with Crippen LogP contribution in [0.5, 0.6) is 11.5 Å². The average molecular weight is 450 g/mol. The highest BCUT2D eigenvalue weighted by Crippen LogP contribution is 2.40. The van der Waals surface area contributed by atoms with Crippen molar-refractivity contribution in [3.63, 3.8) is 0 Å². The smallest absolute Gasteiger partial charge is 0.407 e. The first kappa shape index (κ1) is 22.1. The number of fused-ring (bicyclic) bond motifs is 1. The SMILES string of the molecule is COc1ccc(-c2c3c(n(C)c2C(=O)Nc2ccccc2N)CN(C(=O)O)CC3)cc1OC. The first-order valence-corrected chi connectivity index (χ1v) is 10.4. The van der Waals surface area contributed by atoms with Gasteiger partial charge in [-0.3, -0.25) is 4.79 Å². The molecule has 0 radical (unpaired) electrons. The molecule has 1 aliphatic rings. The Hall–Kier alpha value is -4.14. The van der Waals surface area contributed by atoms with Gasteiger partial charge in [-0.1, -0.05) is 18.2 Å². The van der Waals surface area contributed by atoms with Gasteiger partial charge < -0.3 is 35.1 Å². The van der Waals surface area contributed by atoms with E-state index in [1.54, 1.807) is 56.2 Å². The quantitative estimate of drug-likeness (QED) is 0.511. The Bertz CT molecular complexity index is 1230. The normalized spacial score (nSPS) is 12.8. The largest absolute Gasteiger partial charge is 0.493 e. The summed E-state index contributed by atoms with van der Waals surface area (Å²) < 4.78 is 12.6. The molecule has 4 N–H and O–H groups in total. The number of para-hydroxylation sites is 2. The van der Waals surface area contributed by atoms with Crippen LogP contribution >= 0.6 is 0 Å². The zero-order chi connectivity index (χ0) is 23.7. The van der Waals surface area contributed by atoms with Crippen LogP contribution in [-0.4, -0.2) is 47.3 Å². The van der Waals surface area contributed by atoms with Crippen molar-refractivity contribution in [2.75, 3.05) is 31.8 Å². The number of carbonyl (C=O) groups excluding carboxylic acids is 1. The molecule has 3 aromatic rings. The number of nitrogen functional groups attached to an aromatic ring is 1. The van der Waals surface area contributed by atoms with Crippen molar-refractivity contribution >= 4 is 23.4 Å². The fraction of sp³-hybridized carbons (Fsp3) is 0.250. The minimum Gasteiger partial charge on any atom is -0.493 e. The Morgan fingerprint density at radius 3 is 2.48 bits per heavy atom. The monoisotopic (exact) mass is 450 g/mol.